The zero-order chi connectivity index (χ0) is 11.3. The van der Waals surface area contributed by atoms with Crippen molar-refractivity contribution in [2.24, 2.45) is 5.92 Å². The Bertz CT molecular complexity index is 181. The lowest BCUT2D eigenvalue weighted by atomic mass is 9.99. The normalized spacial score (nSPS) is 20.8. The van der Waals surface area contributed by atoms with Crippen LogP contribution in [-0.4, -0.2) is 41.1 Å². The van der Waals surface area contributed by atoms with Crippen molar-refractivity contribution in [3.8, 4) is 0 Å². The molecule has 1 saturated heterocycles. The number of nitrogens with zero attached hydrogens (tertiary/aromatic N) is 1. The molecule has 0 radical (unpaired) electrons. The number of halogens is 4. The van der Waals surface area contributed by atoms with E-state index >= 15 is 0 Å². The summed E-state index contributed by atoms with van der Waals surface area (Å²) >= 11 is 3.52. The summed E-state index contributed by atoms with van der Waals surface area (Å²) in [6.45, 7) is 2.43. The van der Waals surface area contributed by atoms with Gasteiger partial charge < -0.3 is 4.90 Å². The van der Waals surface area contributed by atoms with Crippen molar-refractivity contribution in [1.82, 2.24) is 4.90 Å². The second kappa shape index (κ2) is 6.35. The molecule has 0 saturated carbocycles. The molecular weight excluding hydrogens is 291 g/mol. The Morgan fingerprint density at radius 2 is 1.87 bits per heavy atom. The van der Waals surface area contributed by atoms with Crippen LogP contribution in [0.5, 0.6) is 0 Å². The van der Waals surface area contributed by atoms with E-state index in [1.54, 1.807) is 0 Å². The molecule has 1 aliphatic rings. The third-order valence-corrected chi connectivity index (χ3v) is 4.23. The summed E-state index contributed by atoms with van der Waals surface area (Å²) < 4.78 is 35.6. The zero-order valence-electron chi connectivity index (χ0n) is 8.39. The van der Waals surface area contributed by atoms with Crippen molar-refractivity contribution in [3.63, 3.8) is 0 Å². The molecular formula is C9H15BrF3NS. The maximum Gasteiger partial charge on any atom is 0.441 e. The van der Waals surface area contributed by atoms with Gasteiger partial charge in [0.25, 0.3) is 0 Å². The van der Waals surface area contributed by atoms with Crippen LogP contribution in [0.3, 0.4) is 0 Å². The maximum absolute atomic E-state index is 11.9. The predicted octanol–water partition coefficient (Wildman–Crippen LogP) is 3.35. The van der Waals surface area contributed by atoms with E-state index < -0.39 is 5.51 Å². The van der Waals surface area contributed by atoms with Crippen molar-refractivity contribution in [3.05, 3.63) is 0 Å². The first-order chi connectivity index (χ1) is 7.01. The van der Waals surface area contributed by atoms with E-state index in [4.69, 9.17) is 0 Å². The van der Waals surface area contributed by atoms with Crippen LogP contribution in [0.25, 0.3) is 0 Å². The van der Waals surface area contributed by atoms with Gasteiger partial charge in [-0.25, -0.2) is 0 Å². The van der Waals surface area contributed by atoms with Crippen LogP contribution in [0.2, 0.25) is 0 Å². The Hall–Kier alpha value is 0.580. The molecule has 0 atom stereocenters. The Balaban J connectivity index is 2.09. The first-order valence-electron chi connectivity index (χ1n) is 5.00. The highest BCUT2D eigenvalue weighted by Crippen LogP contribution is 2.30. The largest absolute Gasteiger partial charge is 0.441 e. The van der Waals surface area contributed by atoms with Crippen molar-refractivity contribution in [1.29, 1.82) is 0 Å². The molecule has 0 amide bonds. The minimum Gasteiger partial charge on any atom is -0.302 e. The Kier molecular flexibility index (Phi) is 5.77. The van der Waals surface area contributed by atoms with Crippen molar-refractivity contribution < 1.29 is 13.2 Å². The Morgan fingerprint density at radius 1 is 1.27 bits per heavy atom. The van der Waals surface area contributed by atoms with Crippen LogP contribution in [0, 0.1) is 5.92 Å². The summed E-state index contributed by atoms with van der Waals surface area (Å²) in [6, 6.07) is 0. The van der Waals surface area contributed by atoms with Crippen molar-refractivity contribution >= 4 is 27.7 Å². The summed E-state index contributed by atoms with van der Waals surface area (Å²) in [5, 5.41) is 1.01. The molecule has 0 bridgehead atoms. The van der Waals surface area contributed by atoms with Gasteiger partial charge in [-0.05, 0) is 43.6 Å². The van der Waals surface area contributed by atoms with E-state index in [2.05, 4.69) is 20.8 Å². The Morgan fingerprint density at radius 3 is 2.33 bits per heavy atom. The fraction of sp³-hybridized carbons (Fsp3) is 1.00. The number of rotatable bonds is 4. The third-order valence-electron chi connectivity index (χ3n) is 2.60. The van der Waals surface area contributed by atoms with E-state index in [1.165, 1.54) is 0 Å². The molecule has 0 spiro atoms. The molecule has 0 aromatic heterocycles. The standard InChI is InChI=1S/C9H15BrF3NS/c10-7-8-1-3-14(4-2-8)5-6-15-9(11,12)13/h8H,1-7H2. The zero-order valence-corrected chi connectivity index (χ0v) is 10.8. The van der Waals surface area contributed by atoms with Crippen molar-refractivity contribution in [2.75, 3.05) is 30.7 Å². The molecule has 1 heterocycles. The number of likely N-dealkylation sites (tertiary alicyclic amines) is 1. The quantitative estimate of drug-likeness (QED) is 0.733. The molecule has 0 N–H and O–H groups in total. The molecule has 1 fully saturated rings. The summed E-state index contributed by atoms with van der Waals surface area (Å²) in [4.78, 5) is 2.12. The van der Waals surface area contributed by atoms with Crippen LogP contribution in [0.1, 0.15) is 12.8 Å². The lowest BCUT2D eigenvalue weighted by Crippen LogP contribution is -2.35. The average Bonchev–Trinajstić information content (AvgIpc) is 2.17. The number of thioether (sulfide) groups is 1. The summed E-state index contributed by atoms with van der Waals surface area (Å²) in [5.41, 5.74) is -4.08. The van der Waals surface area contributed by atoms with Gasteiger partial charge in [-0.15, -0.1) is 0 Å². The van der Waals surface area contributed by atoms with Gasteiger partial charge in [-0.3, -0.25) is 0 Å². The van der Waals surface area contributed by atoms with E-state index in [-0.39, 0.29) is 17.5 Å². The summed E-state index contributed by atoms with van der Waals surface area (Å²) in [6.07, 6.45) is 2.20. The minimum atomic E-state index is -4.08. The van der Waals surface area contributed by atoms with Crippen molar-refractivity contribution in [2.45, 2.75) is 18.3 Å². The molecule has 0 unspecified atom stereocenters. The van der Waals surface area contributed by atoms with Crippen LogP contribution < -0.4 is 0 Å². The SMILES string of the molecule is FC(F)(F)SCCN1CCC(CBr)CC1. The predicted molar refractivity (Wildman–Crippen MR) is 61.5 cm³/mol. The van der Waals surface area contributed by atoms with E-state index in [1.807, 2.05) is 0 Å². The highest BCUT2D eigenvalue weighted by atomic mass is 79.9. The first-order valence-corrected chi connectivity index (χ1v) is 7.11. The van der Waals surface area contributed by atoms with Crippen LogP contribution in [0.4, 0.5) is 13.2 Å². The molecule has 15 heavy (non-hydrogen) atoms. The van der Waals surface area contributed by atoms with Gasteiger partial charge in [0.15, 0.2) is 0 Å². The first kappa shape index (κ1) is 13.6. The molecule has 0 aromatic rings. The molecule has 1 nitrogen and oxygen atoms in total. The maximum atomic E-state index is 11.9. The summed E-state index contributed by atoms with van der Waals surface area (Å²) in [7, 11) is 0. The lowest BCUT2D eigenvalue weighted by Gasteiger charge is -2.30. The molecule has 0 aromatic carbocycles. The molecule has 1 rings (SSSR count). The topological polar surface area (TPSA) is 3.24 Å². The van der Waals surface area contributed by atoms with Crippen LogP contribution >= 0.6 is 27.7 Å². The highest BCUT2D eigenvalue weighted by Gasteiger charge is 2.28. The van der Waals surface area contributed by atoms with E-state index in [0.717, 1.165) is 31.3 Å². The fourth-order valence-corrected chi connectivity index (χ4v) is 2.88. The second-order valence-electron chi connectivity index (χ2n) is 3.73. The van der Waals surface area contributed by atoms with Gasteiger partial charge in [0.2, 0.25) is 0 Å². The molecule has 6 heteroatoms. The minimum absolute atomic E-state index is 0.0828. The van der Waals surface area contributed by atoms with E-state index in [9.17, 15) is 13.2 Å². The van der Waals surface area contributed by atoms with Gasteiger partial charge in [-0.1, -0.05) is 15.9 Å². The molecule has 1 aliphatic heterocycles. The monoisotopic (exact) mass is 305 g/mol. The highest BCUT2D eigenvalue weighted by molar-refractivity contribution is 9.09. The van der Waals surface area contributed by atoms with E-state index in [0.29, 0.717) is 12.5 Å². The van der Waals surface area contributed by atoms with Gasteiger partial charge in [0, 0.05) is 17.6 Å². The second-order valence-corrected chi connectivity index (χ2v) is 5.54. The average molecular weight is 306 g/mol. The van der Waals surface area contributed by atoms with Gasteiger partial charge in [-0.2, -0.15) is 13.2 Å². The number of hydrogen-bond acceptors (Lipinski definition) is 2. The molecule has 0 aliphatic carbocycles. The number of piperidine rings is 1. The van der Waals surface area contributed by atoms with Gasteiger partial charge in [0.05, 0.1) is 0 Å². The lowest BCUT2D eigenvalue weighted by molar-refractivity contribution is -0.0329. The number of alkyl halides is 4. The fourth-order valence-electron chi connectivity index (χ4n) is 1.65. The summed E-state index contributed by atoms with van der Waals surface area (Å²) in [5.74, 6) is 0.860. The number of hydrogen-bond donors (Lipinski definition) is 0. The smallest absolute Gasteiger partial charge is 0.302 e. The van der Waals surface area contributed by atoms with Crippen LogP contribution in [-0.2, 0) is 0 Å². The van der Waals surface area contributed by atoms with Gasteiger partial charge >= 0.3 is 5.51 Å². The molecule has 90 valence electrons. The Labute approximate surface area is 101 Å². The third kappa shape index (κ3) is 6.02. The van der Waals surface area contributed by atoms with Gasteiger partial charge in [0.1, 0.15) is 0 Å². The van der Waals surface area contributed by atoms with Crippen LogP contribution in [0.15, 0.2) is 0 Å².